The van der Waals surface area contributed by atoms with E-state index in [9.17, 15) is 0 Å². The van der Waals surface area contributed by atoms with Crippen LogP contribution in [0.4, 0.5) is 0 Å². The first-order valence-corrected chi connectivity index (χ1v) is 7.39. The molecule has 0 nitrogen and oxygen atoms in total. The van der Waals surface area contributed by atoms with Gasteiger partial charge < -0.3 is 0 Å². The maximum Gasteiger partial charge on any atom is 0.0159 e. The fourth-order valence-corrected chi connectivity index (χ4v) is 3.43. The smallest absolute Gasteiger partial charge is 0.0159 e. The van der Waals surface area contributed by atoms with Crippen molar-refractivity contribution in [1.29, 1.82) is 0 Å². The van der Waals surface area contributed by atoms with Crippen LogP contribution in [0.5, 0.6) is 0 Å². The van der Waals surface area contributed by atoms with Gasteiger partial charge in [-0.3, -0.25) is 0 Å². The standard InChI is InChI=1S/C21H17/c1-21(2)19-11-7-6-10-17(19)18-13-12-16(14-20(18)21)15-8-4-3-5-9-15/h3-6,8-14H,1-2H3. The third-order valence-electron chi connectivity index (χ3n) is 4.63. The van der Waals surface area contributed by atoms with Crippen molar-refractivity contribution in [2.45, 2.75) is 19.3 Å². The normalized spacial score (nSPS) is 14.6. The van der Waals surface area contributed by atoms with Gasteiger partial charge in [-0.05, 0) is 51.6 Å². The Labute approximate surface area is 126 Å². The molecule has 1 radical (unpaired) electrons. The summed E-state index contributed by atoms with van der Waals surface area (Å²) in [6, 6.07) is 27.0. The summed E-state index contributed by atoms with van der Waals surface area (Å²) in [7, 11) is 0. The number of fused-ring (bicyclic) bond motifs is 3. The lowest BCUT2D eigenvalue weighted by atomic mass is 9.81. The highest BCUT2D eigenvalue weighted by atomic mass is 14.4. The molecule has 0 heteroatoms. The van der Waals surface area contributed by atoms with Crippen molar-refractivity contribution in [3.05, 3.63) is 83.9 Å². The summed E-state index contributed by atoms with van der Waals surface area (Å²) < 4.78 is 0. The molecule has 4 rings (SSSR count). The summed E-state index contributed by atoms with van der Waals surface area (Å²) in [6.45, 7) is 4.61. The van der Waals surface area contributed by atoms with Gasteiger partial charge in [0.15, 0.2) is 0 Å². The molecular formula is C21H17. The van der Waals surface area contributed by atoms with Crippen LogP contribution in [0.25, 0.3) is 22.3 Å². The van der Waals surface area contributed by atoms with Gasteiger partial charge in [0.2, 0.25) is 0 Å². The van der Waals surface area contributed by atoms with Crippen LogP contribution < -0.4 is 0 Å². The summed E-state index contributed by atoms with van der Waals surface area (Å²) >= 11 is 0. The Morgan fingerprint density at radius 1 is 0.762 bits per heavy atom. The van der Waals surface area contributed by atoms with Crippen LogP contribution in [0.3, 0.4) is 0 Å². The lowest BCUT2D eigenvalue weighted by molar-refractivity contribution is 0.660. The second-order valence-electron chi connectivity index (χ2n) is 6.22. The summed E-state index contributed by atoms with van der Waals surface area (Å²) in [6.07, 6.45) is 0. The first-order chi connectivity index (χ1) is 10.2. The van der Waals surface area contributed by atoms with Crippen molar-refractivity contribution in [3.8, 4) is 22.3 Å². The fourth-order valence-electron chi connectivity index (χ4n) is 3.43. The van der Waals surface area contributed by atoms with E-state index in [0.717, 1.165) is 0 Å². The maximum absolute atomic E-state index is 3.23. The van der Waals surface area contributed by atoms with Gasteiger partial charge in [-0.1, -0.05) is 68.4 Å². The molecule has 0 fully saturated rings. The first-order valence-electron chi connectivity index (χ1n) is 7.39. The molecule has 0 heterocycles. The number of hydrogen-bond donors (Lipinski definition) is 0. The number of benzene rings is 3. The number of rotatable bonds is 1. The quantitative estimate of drug-likeness (QED) is 0.550. The van der Waals surface area contributed by atoms with Crippen LogP contribution in [0, 0.1) is 6.07 Å². The van der Waals surface area contributed by atoms with Crippen LogP contribution in [-0.2, 0) is 5.41 Å². The Morgan fingerprint density at radius 3 is 2.33 bits per heavy atom. The predicted molar refractivity (Wildman–Crippen MR) is 88.3 cm³/mol. The monoisotopic (exact) mass is 269 g/mol. The van der Waals surface area contributed by atoms with Gasteiger partial charge in [-0.15, -0.1) is 0 Å². The molecule has 0 bridgehead atoms. The predicted octanol–water partition coefficient (Wildman–Crippen LogP) is 5.46. The second-order valence-corrected chi connectivity index (χ2v) is 6.22. The molecule has 0 aliphatic heterocycles. The van der Waals surface area contributed by atoms with Gasteiger partial charge in [0.1, 0.15) is 0 Å². The van der Waals surface area contributed by atoms with Gasteiger partial charge in [0.05, 0.1) is 0 Å². The fraction of sp³-hybridized carbons (Fsp3) is 0.143. The van der Waals surface area contributed by atoms with Crippen LogP contribution in [0.1, 0.15) is 25.0 Å². The van der Waals surface area contributed by atoms with E-state index in [1.165, 1.54) is 33.4 Å². The minimum absolute atomic E-state index is 0.0488. The minimum atomic E-state index is 0.0488. The van der Waals surface area contributed by atoms with Crippen LogP contribution >= 0.6 is 0 Å². The Bertz CT molecular complexity index is 810. The third-order valence-corrected chi connectivity index (χ3v) is 4.63. The number of hydrogen-bond acceptors (Lipinski definition) is 0. The highest BCUT2D eigenvalue weighted by Gasteiger charge is 2.35. The van der Waals surface area contributed by atoms with Crippen molar-refractivity contribution in [1.82, 2.24) is 0 Å². The zero-order valence-corrected chi connectivity index (χ0v) is 12.4. The van der Waals surface area contributed by atoms with E-state index in [1.807, 2.05) is 6.07 Å². The SMILES string of the molecule is CC1(C)c2c[c]ccc2-c2ccc(-c3ccccc3)cc21. The third kappa shape index (κ3) is 1.76. The van der Waals surface area contributed by atoms with Gasteiger partial charge in [-0.25, -0.2) is 0 Å². The van der Waals surface area contributed by atoms with Gasteiger partial charge >= 0.3 is 0 Å². The molecule has 0 amide bonds. The molecule has 21 heavy (non-hydrogen) atoms. The Kier molecular flexibility index (Phi) is 2.56. The molecular weight excluding hydrogens is 252 g/mol. The first kappa shape index (κ1) is 12.4. The van der Waals surface area contributed by atoms with Crippen molar-refractivity contribution >= 4 is 0 Å². The van der Waals surface area contributed by atoms with Gasteiger partial charge in [0, 0.05) is 5.41 Å². The molecule has 1 aliphatic rings. The zero-order chi connectivity index (χ0) is 14.4. The Morgan fingerprint density at radius 2 is 1.52 bits per heavy atom. The largest absolute Gasteiger partial charge is 0.0622 e. The molecule has 101 valence electrons. The molecule has 0 spiro atoms. The lowest BCUT2D eigenvalue weighted by Gasteiger charge is -2.21. The van der Waals surface area contributed by atoms with Crippen molar-refractivity contribution in [2.75, 3.05) is 0 Å². The van der Waals surface area contributed by atoms with Crippen LogP contribution in [-0.4, -0.2) is 0 Å². The van der Waals surface area contributed by atoms with E-state index in [0.29, 0.717) is 0 Å². The molecule has 0 saturated heterocycles. The molecule has 0 atom stereocenters. The van der Waals surface area contributed by atoms with E-state index < -0.39 is 0 Å². The van der Waals surface area contributed by atoms with Crippen molar-refractivity contribution in [3.63, 3.8) is 0 Å². The van der Waals surface area contributed by atoms with E-state index >= 15 is 0 Å². The highest BCUT2D eigenvalue weighted by molar-refractivity contribution is 5.83. The summed E-state index contributed by atoms with van der Waals surface area (Å²) in [4.78, 5) is 0. The van der Waals surface area contributed by atoms with E-state index in [-0.39, 0.29) is 5.41 Å². The maximum atomic E-state index is 3.23. The molecule has 3 aromatic carbocycles. The average Bonchev–Trinajstić information content (AvgIpc) is 2.77. The molecule has 0 aromatic heterocycles. The minimum Gasteiger partial charge on any atom is -0.0622 e. The Balaban J connectivity index is 1.94. The van der Waals surface area contributed by atoms with E-state index in [1.54, 1.807) is 0 Å². The lowest BCUT2D eigenvalue weighted by Crippen LogP contribution is -2.14. The molecule has 3 aromatic rings. The molecule has 0 N–H and O–H groups in total. The van der Waals surface area contributed by atoms with E-state index in [4.69, 9.17) is 0 Å². The van der Waals surface area contributed by atoms with Gasteiger partial charge in [-0.2, -0.15) is 0 Å². The van der Waals surface area contributed by atoms with Gasteiger partial charge in [0.25, 0.3) is 0 Å². The average molecular weight is 269 g/mol. The summed E-state index contributed by atoms with van der Waals surface area (Å²) in [5.41, 5.74) is 8.13. The topological polar surface area (TPSA) is 0 Å². The second kappa shape index (κ2) is 4.33. The Hall–Kier alpha value is -2.34. The van der Waals surface area contributed by atoms with Crippen LogP contribution in [0.2, 0.25) is 0 Å². The van der Waals surface area contributed by atoms with E-state index in [2.05, 4.69) is 80.6 Å². The summed E-state index contributed by atoms with van der Waals surface area (Å²) in [5, 5.41) is 0. The summed E-state index contributed by atoms with van der Waals surface area (Å²) in [5.74, 6) is 0. The molecule has 1 aliphatic carbocycles. The van der Waals surface area contributed by atoms with Crippen molar-refractivity contribution < 1.29 is 0 Å². The van der Waals surface area contributed by atoms with Crippen molar-refractivity contribution in [2.24, 2.45) is 0 Å². The molecule has 0 unspecified atom stereocenters. The highest BCUT2D eigenvalue weighted by Crippen LogP contribution is 2.49. The zero-order valence-electron chi connectivity index (χ0n) is 12.4. The molecule has 0 saturated carbocycles. The van der Waals surface area contributed by atoms with Crippen LogP contribution in [0.15, 0.2) is 66.7 Å².